The van der Waals surface area contributed by atoms with Gasteiger partial charge in [-0.05, 0) is 24.9 Å². The summed E-state index contributed by atoms with van der Waals surface area (Å²) in [6.45, 7) is 4.02. The molecule has 2 fully saturated rings. The van der Waals surface area contributed by atoms with Gasteiger partial charge in [-0.15, -0.1) is 0 Å². The summed E-state index contributed by atoms with van der Waals surface area (Å²) in [5, 5.41) is 7.05. The number of ether oxygens (including phenoxy) is 3. The van der Waals surface area contributed by atoms with Crippen molar-refractivity contribution in [1.82, 2.24) is 0 Å². The Balaban J connectivity index is 2.24. The monoisotopic (exact) mass is 254 g/mol. The van der Waals surface area contributed by atoms with Gasteiger partial charge in [-0.25, -0.2) is 0 Å². The fraction of sp³-hybridized carbons (Fsp3) is 1.00. The Kier molecular flexibility index (Phi) is 3.34. The Bertz CT molecular complexity index is 406. The predicted molar refractivity (Wildman–Crippen MR) is 60.5 cm³/mol. The highest BCUT2D eigenvalue weighted by atomic mass is 16.8. The van der Waals surface area contributed by atoms with Crippen molar-refractivity contribution in [3.05, 3.63) is 20.9 Å². The quantitative estimate of drug-likeness (QED) is 0.432. The molecule has 9 heteroatoms. The van der Waals surface area contributed by atoms with Gasteiger partial charge in [0.1, 0.15) is 17.8 Å². The molecule has 0 aromatic carbocycles. The summed E-state index contributed by atoms with van der Waals surface area (Å²) in [6.07, 6.45) is -0.633. The van der Waals surface area contributed by atoms with Gasteiger partial charge in [0.05, 0.1) is 19.7 Å². The lowest BCUT2D eigenvalue weighted by Gasteiger charge is -2.31. The summed E-state index contributed by atoms with van der Waals surface area (Å²) in [5.41, 5.74) is 15.9. The summed E-state index contributed by atoms with van der Waals surface area (Å²) in [6, 6.07) is 0. The maximum Gasteiger partial charge on any atom is 0.164 e. The van der Waals surface area contributed by atoms with Crippen molar-refractivity contribution in [3.8, 4) is 0 Å². The van der Waals surface area contributed by atoms with E-state index >= 15 is 0 Å². The molecule has 0 radical (unpaired) electrons. The third-order valence-corrected chi connectivity index (χ3v) is 3.04. The molecule has 0 amide bonds. The average molecular weight is 254 g/mol. The molecule has 0 aromatic rings. The van der Waals surface area contributed by atoms with Gasteiger partial charge < -0.3 is 14.2 Å². The van der Waals surface area contributed by atoms with E-state index < -0.39 is 17.5 Å². The summed E-state index contributed by atoms with van der Waals surface area (Å²) in [4.78, 5) is 5.43. The van der Waals surface area contributed by atoms with Gasteiger partial charge in [0.2, 0.25) is 0 Å². The van der Waals surface area contributed by atoms with Gasteiger partial charge in [-0.2, -0.15) is 0 Å². The first-order valence-corrected chi connectivity index (χ1v) is 5.54. The van der Waals surface area contributed by atoms with Crippen LogP contribution in [-0.2, 0) is 14.2 Å². The zero-order valence-corrected chi connectivity index (χ0v) is 10.2. The van der Waals surface area contributed by atoms with E-state index in [2.05, 4.69) is 20.1 Å². The molecule has 0 spiro atoms. The standard InChI is InChI=1S/C9H14N6O3/c1-8(2)17-6-3-16-9(4-12-14-10,5-13-15-11)7(6)18-8/h6-7H,3-5H2,1-2H3. The van der Waals surface area contributed by atoms with Crippen LogP contribution in [0.25, 0.3) is 20.9 Å². The van der Waals surface area contributed by atoms with Gasteiger partial charge in [0.15, 0.2) is 5.79 Å². The highest BCUT2D eigenvalue weighted by Gasteiger charge is 2.57. The smallest absolute Gasteiger partial charge is 0.164 e. The molecule has 2 rings (SSSR count). The van der Waals surface area contributed by atoms with Crippen LogP contribution < -0.4 is 0 Å². The first kappa shape index (κ1) is 12.9. The molecule has 0 saturated carbocycles. The molecule has 98 valence electrons. The van der Waals surface area contributed by atoms with Gasteiger partial charge in [0.25, 0.3) is 0 Å². The van der Waals surface area contributed by atoms with E-state index in [1.807, 2.05) is 0 Å². The molecular weight excluding hydrogens is 240 g/mol. The van der Waals surface area contributed by atoms with Gasteiger partial charge in [-0.3, -0.25) is 0 Å². The molecule has 0 aliphatic carbocycles. The normalized spacial score (nSPS) is 36.6. The second-order valence-electron chi connectivity index (χ2n) is 4.75. The van der Waals surface area contributed by atoms with Crippen molar-refractivity contribution in [2.45, 2.75) is 37.4 Å². The fourth-order valence-corrected chi connectivity index (χ4v) is 2.36. The van der Waals surface area contributed by atoms with Crippen molar-refractivity contribution in [1.29, 1.82) is 0 Å². The minimum absolute atomic E-state index is 0.0448. The SMILES string of the molecule is CC1(C)OC2COC(CN=[N+]=[N-])(CN=[N+]=[N-])C2O1. The van der Waals surface area contributed by atoms with Gasteiger partial charge in [-0.1, -0.05) is 10.2 Å². The van der Waals surface area contributed by atoms with Crippen LogP contribution in [0.5, 0.6) is 0 Å². The first-order valence-electron chi connectivity index (χ1n) is 5.54. The van der Waals surface area contributed by atoms with E-state index in [1.165, 1.54) is 0 Å². The Labute approximate surface area is 103 Å². The first-order chi connectivity index (χ1) is 8.53. The summed E-state index contributed by atoms with van der Waals surface area (Å²) in [5.74, 6) is -0.711. The average Bonchev–Trinajstić information content (AvgIpc) is 2.79. The minimum Gasteiger partial charge on any atom is -0.369 e. The third-order valence-electron chi connectivity index (χ3n) is 3.04. The second-order valence-corrected chi connectivity index (χ2v) is 4.75. The zero-order chi connectivity index (χ0) is 13.2. The van der Waals surface area contributed by atoms with Crippen molar-refractivity contribution < 1.29 is 14.2 Å². The number of nitrogens with zero attached hydrogens (tertiary/aromatic N) is 6. The molecule has 18 heavy (non-hydrogen) atoms. The zero-order valence-electron chi connectivity index (χ0n) is 10.2. The number of fused-ring (bicyclic) bond motifs is 1. The van der Waals surface area contributed by atoms with Gasteiger partial charge in [0, 0.05) is 9.82 Å². The van der Waals surface area contributed by atoms with E-state index in [4.69, 9.17) is 25.3 Å². The van der Waals surface area contributed by atoms with Crippen LogP contribution in [-0.4, -0.2) is 43.3 Å². The lowest BCUT2D eigenvalue weighted by Crippen LogP contribution is -2.48. The third kappa shape index (κ3) is 2.22. The molecule has 2 unspecified atom stereocenters. The number of azide groups is 2. The highest BCUT2D eigenvalue weighted by Crippen LogP contribution is 2.41. The Hall–Kier alpha value is -1.50. The summed E-state index contributed by atoms with van der Waals surface area (Å²) >= 11 is 0. The van der Waals surface area contributed by atoms with E-state index in [0.29, 0.717) is 6.61 Å². The van der Waals surface area contributed by atoms with Crippen LogP contribution in [0, 0.1) is 0 Å². The molecule has 2 heterocycles. The molecule has 2 aliphatic rings. The van der Waals surface area contributed by atoms with E-state index in [-0.39, 0.29) is 19.2 Å². The van der Waals surface area contributed by atoms with E-state index in [9.17, 15) is 0 Å². The number of rotatable bonds is 4. The molecule has 0 bridgehead atoms. The largest absolute Gasteiger partial charge is 0.369 e. The molecular formula is C9H14N6O3. The lowest BCUT2D eigenvalue weighted by molar-refractivity contribution is -0.191. The molecule has 0 aromatic heterocycles. The van der Waals surface area contributed by atoms with E-state index in [0.717, 1.165) is 0 Å². The van der Waals surface area contributed by atoms with Crippen LogP contribution in [0.15, 0.2) is 10.2 Å². The maximum absolute atomic E-state index is 8.44. The molecule has 2 atom stereocenters. The molecule has 0 N–H and O–H groups in total. The summed E-state index contributed by atoms with van der Waals surface area (Å²) in [7, 11) is 0. The van der Waals surface area contributed by atoms with Crippen LogP contribution in [0.2, 0.25) is 0 Å². The fourth-order valence-electron chi connectivity index (χ4n) is 2.36. The van der Waals surface area contributed by atoms with Crippen molar-refractivity contribution in [2.75, 3.05) is 19.7 Å². The van der Waals surface area contributed by atoms with Crippen LogP contribution in [0.1, 0.15) is 13.8 Å². The van der Waals surface area contributed by atoms with Crippen LogP contribution >= 0.6 is 0 Å². The van der Waals surface area contributed by atoms with Crippen LogP contribution in [0.3, 0.4) is 0 Å². The molecule has 2 aliphatic heterocycles. The maximum atomic E-state index is 8.44. The van der Waals surface area contributed by atoms with Crippen molar-refractivity contribution in [2.24, 2.45) is 10.2 Å². The number of hydrogen-bond acceptors (Lipinski definition) is 5. The molecule has 2 saturated heterocycles. The summed E-state index contributed by atoms with van der Waals surface area (Å²) < 4.78 is 17.1. The van der Waals surface area contributed by atoms with Crippen molar-refractivity contribution >= 4 is 0 Å². The Morgan fingerprint density at radius 2 is 1.78 bits per heavy atom. The Morgan fingerprint density at radius 1 is 1.17 bits per heavy atom. The van der Waals surface area contributed by atoms with Crippen LogP contribution in [0.4, 0.5) is 0 Å². The highest BCUT2D eigenvalue weighted by molar-refractivity contribution is 5.06. The lowest BCUT2D eigenvalue weighted by atomic mass is 9.96. The van der Waals surface area contributed by atoms with Gasteiger partial charge >= 0.3 is 0 Å². The second kappa shape index (κ2) is 4.64. The topological polar surface area (TPSA) is 125 Å². The molecule has 9 nitrogen and oxygen atoms in total. The van der Waals surface area contributed by atoms with Crippen molar-refractivity contribution in [3.63, 3.8) is 0 Å². The van der Waals surface area contributed by atoms with E-state index in [1.54, 1.807) is 13.8 Å². The minimum atomic E-state index is -0.934. The predicted octanol–water partition coefficient (Wildman–Crippen LogP) is 1.90. The Morgan fingerprint density at radius 3 is 2.33 bits per heavy atom. The number of hydrogen-bond donors (Lipinski definition) is 0.